The van der Waals surface area contributed by atoms with Crippen LogP contribution in [0.2, 0.25) is 0 Å². The fourth-order valence-electron chi connectivity index (χ4n) is 3.49. The molecule has 5 heteroatoms. The van der Waals surface area contributed by atoms with Crippen molar-refractivity contribution in [2.75, 3.05) is 18.1 Å². The first-order valence-electron chi connectivity index (χ1n) is 9.33. The molecule has 2 aromatic carbocycles. The molecular weight excluding hydrogens is 370 g/mol. The van der Waals surface area contributed by atoms with Gasteiger partial charge in [0, 0.05) is 17.8 Å². The predicted molar refractivity (Wildman–Crippen MR) is 112 cm³/mol. The first kappa shape index (κ1) is 18.4. The number of esters is 1. The molecule has 1 aromatic heterocycles. The number of ether oxygens (including phenoxy) is 1. The second kappa shape index (κ2) is 7.98. The van der Waals surface area contributed by atoms with E-state index in [1.807, 2.05) is 66.9 Å². The molecule has 3 aromatic rings. The SMILES string of the molecule is Cc1ccc(-c2ccsc2C(=O)OCC(=O)N2CCCc3ccccc32)cc1. The quantitative estimate of drug-likeness (QED) is 0.597. The van der Waals surface area contributed by atoms with Gasteiger partial charge in [0.05, 0.1) is 0 Å². The van der Waals surface area contributed by atoms with Gasteiger partial charge in [0.15, 0.2) is 6.61 Å². The zero-order valence-corrected chi connectivity index (χ0v) is 16.5. The number of carbonyl (C=O) groups is 2. The second-order valence-electron chi connectivity index (χ2n) is 6.88. The molecule has 0 unspecified atom stereocenters. The van der Waals surface area contributed by atoms with Crippen molar-refractivity contribution in [3.8, 4) is 11.1 Å². The highest BCUT2D eigenvalue weighted by atomic mass is 32.1. The highest BCUT2D eigenvalue weighted by Gasteiger charge is 2.24. The summed E-state index contributed by atoms with van der Waals surface area (Å²) in [5, 5.41) is 1.87. The van der Waals surface area contributed by atoms with E-state index in [9.17, 15) is 9.59 Å². The smallest absolute Gasteiger partial charge is 0.349 e. The molecule has 4 rings (SSSR count). The molecule has 0 N–H and O–H groups in total. The van der Waals surface area contributed by atoms with E-state index in [1.54, 1.807) is 4.90 Å². The van der Waals surface area contributed by atoms with Gasteiger partial charge in [-0.05, 0) is 48.4 Å². The zero-order valence-electron chi connectivity index (χ0n) is 15.7. The molecule has 2 heterocycles. The second-order valence-corrected chi connectivity index (χ2v) is 7.80. The fraction of sp³-hybridized carbons (Fsp3) is 0.217. The average molecular weight is 391 g/mol. The third kappa shape index (κ3) is 3.71. The van der Waals surface area contributed by atoms with Crippen molar-refractivity contribution in [1.82, 2.24) is 0 Å². The highest BCUT2D eigenvalue weighted by molar-refractivity contribution is 7.12. The van der Waals surface area contributed by atoms with Gasteiger partial charge in [-0.25, -0.2) is 4.79 Å². The van der Waals surface area contributed by atoms with E-state index in [0.717, 1.165) is 40.8 Å². The standard InChI is InChI=1S/C23H21NO3S/c1-16-8-10-17(11-9-16)19-12-14-28-22(19)23(26)27-15-21(25)24-13-4-6-18-5-2-3-7-20(18)24/h2-3,5,7-12,14H,4,6,13,15H2,1H3. The lowest BCUT2D eigenvalue weighted by Gasteiger charge is -2.29. The molecule has 1 aliphatic rings. The fourth-order valence-corrected chi connectivity index (χ4v) is 4.30. The van der Waals surface area contributed by atoms with E-state index in [4.69, 9.17) is 4.74 Å². The third-order valence-electron chi connectivity index (χ3n) is 4.95. The maximum absolute atomic E-state index is 12.7. The number of anilines is 1. The Balaban J connectivity index is 1.45. The van der Waals surface area contributed by atoms with Crippen LogP contribution in [0, 0.1) is 6.92 Å². The van der Waals surface area contributed by atoms with E-state index in [1.165, 1.54) is 11.3 Å². The molecule has 142 valence electrons. The maximum Gasteiger partial charge on any atom is 0.349 e. The van der Waals surface area contributed by atoms with E-state index < -0.39 is 5.97 Å². The topological polar surface area (TPSA) is 46.6 Å². The molecule has 0 radical (unpaired) electrons. The van der Waals surface area contributed by atoms with Crippen LogP contribution in [0.1, 0.15) is 27.2 Å². The number of hydrogen-bond acceptors (Lipinski definition) is 4. The molecule has 0 aliphatic carbocycles. The largest absolute Gasteiger partial charge is 0.451 e. The molecule has 1 amide bonds. The van der Waals surface area contributed by atoms with Gasteiger partial charge in [-0.3, -0.25) is 4.79 Å². The molecule has 1 aliphatic heterocycles. The van der Waals surface area contributed by atoms with Gasteiger partial charge >= 0.3 is 5.97 Å². The molecule has 28 heavy (non-hydrogen) atoms. The Labute approximate surface area is 168 Å². The van der Waals surface area contributed by atoms with E-state index in [2.05, 4.69) is 0 Å². The predicted octanol–water partition coefficient (Wildman–Crippen LogP) is 4.86. The van der Waals surface area contributed by atoms with Crippen LogP contribution < -0.4 is 4.90 Å². The zero-order chi connectivity index (χ0) is 19.5. The van der Waals surface area contributed by atoms with Crippen LogP contribution in [0.5, 0.6) is 0 Å². The number of thiophene rings is 1. The van der Waals surface area contributed by atoms with E-state index >= 15 is 0 Å². The number of para-hydroxylation sites is 1. The number of rotatable bonds is 4. The van der Waals surface area contributed by atoms with Crippen LogP contribution in [-0.2, 0) is 16.0 Å². The maximum atomic E-state index is 12.7. The summed E-state index contributed by atoms with van der Waals surface area (Å²) in [5.41, 5.74) is 5.05. The summed E-state index contributed by atoms with van der Waals surface area (Å²) in [6, 6.07) is 17.8. The van der Waals surface area contributed by atoms with Gasteiger partial charge in [-0.2, -0.15) is 0 Å². The van der Waals surface area contributed by atoms with E-state index in [-0.39, 0.29) is 12.5 Å². The van der Waals surface area contributed by atoms with E-state index in [0.29, 0.717) is 11.4 Å². The molecule has 4 nitrogen and oxygen atoms in total. The molecule has 0 saturated heterocycles. The van der Waals surface area contributed by atoms with Gasteiger partial charge in [-0.15, -0.1) is 11.3 Å². The highest BCUT2D eigenvalue weighted by Crippen LogP contribution is 2.30. The average Bonchev–Trinajstić information content (AvgIpc) is 3.22. The first-order chi connectivity index (χ1) is 13.6. The van der Waals surface area contributed by atoms with Crippen molar-refractivity contribution in [1.29, 1.82) is 0 Å². The minimum absolute atomic E-state index is 0.186. The molecule has 0 fully saturated rings. The Hall–Kier alpha value is -2.92. The van der Waals surface area contributed by atoms with Crippen molar-refractivity contribution in [2.45, 2.75) is 19.8 Å². The third-order valence-corrected chi connectivity index (χ3v) is 5.85. The number of fused-ring (bicyclic) bond motifs is 1. The Kier molecular flexibility index (Phi) is 5.26. The molecule has 0 spiro atoms. The number of amides is 1. The summed E-state index contributed by atoms with van der Waals surface area (Å²) in [4.78, 5) is 27.5. The first-order valence-corrected chi connectivity index (χ1v) is 10.2. The van der Waals surface area contributed by atoms with Gasteiger partial charge in [0.1, 0.15) is 4.88 Å². The van der Waals surface area contributed by atoms with Crippen LogP contribution in [-0.4, -0.2) is 25.0 Å². The molecule has 0 atom stereocenters. The minimum Gasteiger partial charge on any atom is -0.451 e. The normalized spacial score (nSPS) is 13.1. The van der Waals surface area contributed by atoms with Crippen LogP contribution >= 0.6 is 11.3 Å². The van der Waals surface area contributed by atoms with Crippen LogP contribution in [0.4, 0.5) is 5.69 Å². The van der Waals surface area contributed by atoms with Gasteiger partial charge in [-0.1, -0.05) is 48.0 Å². The minimum atomic E-state index is -0.454. The number of hydrogen-bond donors (Lipinski definition) is 0. The summed E-state index contributed by atoms with van der Waals surface area (Å²) in [6.07, 6.45) is 1.88. The number of benzene rings is 2. The summed E-state index contributed by atoms with van der Waals surface area (Å²) in [5.74, 6) is -0.641. The van der Waals surface area contributed by atoms with Crippen molar-refractivity contribution in [3.63, 3.8) is 0 Å². The Morgan fingerprint density at radius 2 is 1.86 bits per heavy atom. The summed E-state index contributed by atoms with van der Waals surface area (Å²) in [7, 11) is 0. The van der Waals surface area contributed by atoms with Crippen LogP contribution in [0.15, 0.2) is 60.0 Å². The van der Waals surface area contributed by atoms with Gasteiger partial charge < -0.3 is 9.64 Å². The Morgan fingerprint density at radius 1 is 1.07 bits per heavy atom. The number of carbonyl (C=O) groups excluding carboxylic acids is 2. The molecular formula is C23H21NO3S. The number of nitrogens with zero attached hydrogens (tertiary/aromatic N) is 1. The lowest BCUT2D eigenvalue weighted by Crippen LogP contribution is -2.38. The number of aryl methyl sites for hydroxylation is 2. The van der Waals surface area contributed by atoms with Crippen LogP contribution in [0.3, 0.4) is 0 Å². The van der Waals surface area contributed by atoms with Crippen LogP contribution in [0.25, 0.3) is 11.1 Å². The van der Waals surface area contributed by atoms with Crippen molar-refractivity contribution in [2.24, 2.45) is 0 Å². The lowest BCUT2D eigenvalue weighted by atomic mass is 10.0. The van der Waals surface area contributed by atoms with Crippen molar-refractivity contribution >= 4 is 28.9 Å². The van der Waals surface area contributed by atoms with Gasteiger partial charge in [0.25, 0.3) is 5.91 Å². The Bertz CT molecular complexity index is 1010. The van der Waals surface area contributed by atoms with Crippen molar-refractivity contribution in [3.05, 3.63) is 76.0 Å². The summed E-state index contributed by atoms with van der Waals surface area (Å²) < 4.78 is 5.38. The van der Waals surface area contributed by atoms with Gasteiger partial charge in [0.2, 0.25) is 0 Å². The molecule has 0 saturated carbocycles. The summed E-state index contributed by atoms with van der Waals surface area (Å²) >= 11 is 1.33. The van der Waals surface area contributed by atoms with Crippen molar-refractivity contribution < 1.29 is 14.3 Å². The molecule has 0 bridgehead atoms. The monoisotopic (exact) mass is 391 g/mol. The Morgan fingerprint density at radius 3 is 2.68 bits per heavy atom. The lowest BCUT2D eigenvalue weighted by molar-refractivity contribution is -0.121. The summed E-state index contributed by atoms with van der Waals surface area (Å²) in [6.45, 7) is 2.43.